The first-order valence-corrected chi connectivity index (χ1v) is 7.69. The molecule has 1 atom stereocenters. The Bertz CT molecular complexity index is 643. The number of nitrogens with one attached hydrogen (secondary N) is 1. The van der Waals surface area contributed by atoms with Crippen LogP contribution in [0.5, 0.6) is 5.88 Å². The van der Waals surface area contributed by atoms with Crippen molar-refractivity contribution in [1.29, 1.82) is 0 Å². The topological polar surface area (TPSA) is 73.3 Å². The second-order valence-electron chi connectivity index (χ2n) is 5.35. The molecule has 1 aliphatic heterocycles. The fourth-order valence-electron chi connectivity index (χ4n) is 2.36. The van der Waals surface area contributed by atoms with Gasteiger partial charge in [0, 0.05) is 43.2 Å². The van der Waals surface area contributed by atoms with Crippen LogP contribution in [-0.4, -0.2) is 41.7 Å². The zero-order valence-corrected chi connectivity index (χ0v) is 12.8. The van der Waals surface area contributed by atoms with E-state index in [1.165, 1.54) is 0 Å². The normalized spacial score (nSPS) is 17.0. The third kappa shape index (κ3) is 4.50. The molecule has 2 aromatic heterocycles. The van der Waals surface area contributed by atoms with Gasteiger partial charge < -0.3 is 14.8 Å². The minimum Gasteiger partial charge on any atom is -0.472 e. The quantitative estimate of drug-likeness (QED) is 0.877. The van der Waals surface area contributed by atoms with Gasteiger partial charge in [-0.05, 0) is 30.2 Å². The molecular formula is C17H19N3O3. The van der Waals surface area contributed by atoms with E-state index in [1.54, 1.807) is 30.7 Å². The van der Waals surface area contributed by atoms with Crippen molar-refractivity contribution >= 4 is 5.91 Å². The molecule has 0 saturated carbocycles. The summed E-state index contributed by atoms with van der Waals surface area (Å²) >= 11 is 0. The third-order valence-corrected chi connectivity index (χ3v) is 3.62. The monoisotopic (exact) mass is 313 g/mol. The lowest BCUT2D eigenvalue weighted by molar-refractivity contribution is 0.0952. The summed E-state index contributed by atoms with van der Waals surface area (Å²) < 4.78 is 11.0. The molecule has 6 nitrogen and oxygen atoms in total. The van der Waals surface area contributed by atoms with Crippen molar-refractivity contribution in [2.24, 2.45) is 0 Å². The van der Waals surface area contributed by atoms with E-state index in [0.29, 0.717) is 31.2 Å². The first-order chi connectivity index (χ1) is 11.3. The summed E-state index contributed by atoms with van der Waals surface area (Å²) in [5.74, 6) is 0.330. The molecule has 120 valence electrons. The van der Waals surface area contributed by atoms with E-state index in [1.807, 2.05) is 12.1 Å². The number of carbonyl (C=O) groups excluding carboxylic acids is 1. The van der Waals surface area contributed by atoms with Gasteiger partial charge in [0.2, 0.25) is 5.88 Å². The van der Waals surface area contributed by atoms with E-state index in [-0.39, 0.29) is 12.0 Å². The van der Waals surface area contributed by atoms with Crippen LogP contribution < -0.4 is 10.1 Å². The molecule has 0 aliphatic carbocycles. The number of rotatable bonds is 6. The Kier molecular flexibility index (Phi) is 5.16. The molecular weight excluding hydrogens is 294 g/mol. The Hall–Kier alpha value is -2.47. The Morgan fingerprint density at radius 2 is 2.17 bits per heavy atom. The summed E-state index contributed by atoms with van der Waals surface area (Å²) in [6.45, 7) is 1.85. The van der Waals surface area contributed by atoms with Gasteiger partial charge in [-0.3, -0.25) is 9.78 Å². The summed E-state index contributed by atoms with van der Waals surface area (Å²) in [7, 11) is 0. The molecule has 1 aliphatic rings. The van der Waals surface area contributed by atoms with Crippen molar-refractivity contribution in [1.82, 2.24) is 15.3 Å². The number of amides is 1. The number of nitrogens with zero attached hydrogens (tertiary/aromatic N) is 2. The summed E-state index contributed by atoms with van der Waals surface area (Å²) in [6.07, 6.45) is 6.72. The molecule has 6 heteroatoms. The predicted octanol–water partition coefficient (Wildman–Crippen LogP) is 1.62. The molecule has 3 rings (SSSR count). The Labute approximate surface area is 134 Å². The number of ether oxygens (including phenoxy) is 2. The van der Waals surface area contributed by atoms with Crippen LogP contribution in [0.15, 0.2) is 42.9 Å². The molecule has 2 aromatic rings. The molecule has 0 spiro atoms. The highest BCUT2D eigenvalue weighted by Crippen LogP contribution is 2.15. The standard InChI is InChI=1S/C17H19N3O3/c21-17(20-8-3-13-1-6-18-7-2-13)14-4-9-19-16(11-14)23-15-5-10-22-12-15/h1-2,4,6-7,9,11,15H,3,5,8,10,12H2,(H,20,21)/t15-/m1/s1. The zero-order chi connectivity index (χ0) is 15.9. The molecule has 0 bridgehead atoms. The maximum absolute atomic E-state index is 12.2. The Morgan fingerprint density at radius 1 is 1.30 bits per heavy atom. The Balaban J connectivity index is 1.52. The largest absolute Gasteiger partial charge is 0.472 e. The van der Waals surface area contributed by atoms with Crippen molar-refractivity contribution in [3.8, 4) is 5.88 Å². The smallest absolute Gasteiger partial charge is 0.251 e. The summed E-state index contributed by atoms with van der Waals surface area (Å²) in [5.41, 5.74) is 1.68. The molecule has 23 heavy (non-hydrogen) atoms. The van der Waals surface area contributed by atoms with Crippen LogP contribution in [0.4, 0.5) is 0 Å². The minimum atomic E-state index is -0.131. The average Bonchev–Trinajstić information content (AvgIpc) is 3.09. The lowest BCUT2D eigenvalue weighted by atomic mass is 10.2. The van der Waals surface area contributed by atoms with Crippen LogP contribution in [0.2, 0.25) is 0 Å². The van der Waals surface area contributed by atoms with E-state index < -0.39 is 0 Å². The lowest BCUT2D eigenvalue weighted by Gasteiger charge is -2.11. The third-order valence-electron chi connectivity index (χ3n) is 3.62. The maximum Gasteiger partial charge on any atom is 0.251 e. The second-order valence-corrected chi connectivity index (χ2v) is 5.35. The summed E-state index contributed by atoms with van der Waals surface area (Å²) in [4.78, 5) is 20.3. The van der Waals surface area contributed by atoms with E-state index in [2.05, 4.69) is 15.3 Å². The molecule has 1 amide bonds. The van der Waals surface area contributed by atoms with E-state index in [9.17, 15) is 4.79 Å². The van der Waals surface area contributed by atoms with Crippen LogP contribution in [0.3, 0.4) is 0 Å². The van der Waals surface area contributed by atoms with Crippen LogP contribution in [0.25, 0.3) is 0 Å². The van der Waals surface area contributed by atoms with Gasteiger partial charge in [-0.15, -0.1) is 0 Å². The number of hydrogen-bond acceptors (Lipinski definition) is 5. The number of aromatic nitrogens is 2. The highest BCUT2D eigenvalue weighted by atomic mass is 16.5. The van der Waals surface area contributed by atoms with Crippen LogP contribution in [0, 0.1) is 0 Å². The van der Waals surface area contributed by atoms with Gasteiger partial charge >= 0.3 is 0 Å². The highest BCUT2D eigenvalue weighted by molar-refractivity contribution is 5.94. The van der Waals surface area contributed by atoms with Gasteiger partial charge in [0.15, 0.2) is 0 Å². The van der Waals surface area contributed by atoms with E-state index in [0.717, 1.165) is 18.4 Å². The molecule has 0 aromatic carbocycles. The molecule has 1 saturated heterocycles. The highest BCUT2D eigenvalue weighted by Gasteiger charge is 2.18. The lowest BCUT2D eigenvalue weighted by Crippen LogP contribution is -2.26. The van der Waals surface area contributed by atoms with Crippen LogP contribution in [0.1, 0.15) is 22.3 Å². The predicted molar refractivity (Wildman–Crippen MR) is 84.4 cm³/mol. The van der Waals surface area contributed by atoms with Crippen molar-refractivity contribution in [3.05, 3.63) is 54.0 Å². The molecule has 1 fully saturated rings. The fraction of sp³-hybridized carbons (Fsp3) is 0.353. The zero-order valence-electron chi connectivity index (χ0n) is 12.8. The average molecular weight is 313 g/mol. The van der Waals surface area contributed by atoms with Crippen LogP contribution in [-0.2, 0) is 11.2 Å². The minimum absolute atomic E-state index is 0.0208. The Morgan fingerprint density at radius 3 is 2.96 bits per heavy atom. The van der Waals surface area contributed by atoms with Crippen LogP contribution >= 0.6 is 0 Å². The molecule has 3 heterocycles. The fourth-order valence-corrected chi connectivity index (χ4v) is 2.36. The summed E-state index contributed by atoms with van der Waals surface area (Å²) in [6, 6.07) is 7.22. The first kappa shape index (κ1) is 15.4. The number of pyridine rings is 2. The van der Waals surface area contributed by atoms with Crippen molar-refractivity contribution in [3.63, 3.8) is 0 Å². The van der Waals surface area contributed by atoms with Gasteiger partial charge in [0.25, 0.3) is 5.91 Å². The SMILES string of the molecule is O=C(NCCc1ccncc1)c1ccnc(O[C@@H]2CCOC2)c1. The molecule has 0 radical (unpaired) electrons. The molecule has 1 N–H and O–H groups in total. The van der Waals surface area contributed by atoms with E-state index >= 15 is 0 Å². The van der Waals surface area contributed by atoms with Gasteiger partial charge in [-0.2, -0.15) is 0 Å². The van der Waals surface area contributed by atoms with Gasteiger partial charge in [-0.25, -0.2) is 4.98 Å². The van der Waals surface area contributed by atoms with Crippen molar-refractivity contribution < 1.29 is 14.3 Å². The second kappa shape index (κ2) is 7.69. The van der Waals surface area contributed by atoms with Crippen molar-refractivity contribution in [2.45, 2.75) is 18.9 Å². The molecule has 0 unspecified atom stereocenters. The first-order valence-electron chi connectivity index (χ1n) is 7.69. The number of hydrogen-bond donors (Lipinski definition) is 1. The van der Waals surface area contributed by atoms with Crippen molar-refractivity contribution in [2.75, 3.05) is 19.8 Å². The number of carbonyl (C=O) groups is 1. The van der Waals surface area contributed by atoms with Gasteiger partial charge in [0.1, 0.15) is 6.10 Å². The van der Waals surface area contributed by atoms with Gasteiger partial charge in [0.05, 0.1) is 13.2 Å². The van der Waals surface area contributed by atoms with E-state index in [4.69, 9.17) is 9.47 Å². The maximum atomic E-state index is 12.2. The van der Waals surface area contributed by atoms with Gasteiger partial charge in [-0.1, -0.05) is 0 Å². The summed E-state index contributed by atoms with van der Waals surface area (Å²) in [5, 5.41) is 2.90.